The Labute approximate surface area is 163 Å². The summed E-state index contributed by atoms with van der Waals surface area (Å²) in [6.45, 7) is 0.301. The fourth-order valence-corrected chi connectivity index (χ4v) is 3.42. The van der Waals surface area contributed by atoms with Crippen molar-refractivity contribution in [2.24, 2.45) is 0 Å². The number of halogens is 6. The Hall–Kier alpha value is 2.99. The van der Waals surface area contributed by atoms with E-state index in [1.165, 1.54) is 0 Å². The highest BCUT2D eigenvalue weighted by molar-refractivity contribution is 9.39. The van der Waals surface area contributed by atoms with Crippen molar-refractivity contribution in [3.05, 3.63) is 0 Å². The Morgan fingerprint density at radius 2 is 1.16 bits per heavy atom. The lowest BCUT2D eigenvalue weighted by atomic mass is 10.4. The van der Waals surface area contributed by atoms with Crippen LogP contribution in [0.15, 0.2) is 0 Å². The van der Waals surface area contributed by atoms with Gasteiger partial charge in [-0.15, -0.1) is 0 Å². The van der Waals surface area contributed by atoms with E-state index in [-0.39, 0.29) is 17.5 Å². The molecule has 0 aromatic carbocycles. The molecule has 0 aromatic heterocycles. The summed E-state index contributed by atoms with van der Waals surface area (Å²) < 4.78 is 20.5. The lowest BCUT2D eigenvalue weighted by Gasteiger charge is -2.15. The minimum Gasteiger partial charge on any atom is -0.302 e. The van der Waals surface area contributed by atoms with E-state index in [0.29, 0.717) is 25.7 Å². The molecule has 0 amide bonds. The minimum atomic E-state index is -3.95. The van der Waals surface area contributed by atoms with Gasteiger partial charge in [0.2, 0.25) is 0 Å². The first-order chi connectivity index (χ1) is 8.41. The molecule has 0 rings (SSSR count). The van der Waals surface area contributed by atoms with Crippen molar-refractivity contribution in [1.29, 1.82) is 0 Å². The molecule has 11 heteroatoms. The molecule has 116 valence electrons. The van der Waals surface area contributed by atoms with E-state index in [0.717, 1.165) is 0 Å². The zero-order valence-electron chi connectivity index (χ0n) is 9.63. The quantitative estimate of drug-likeness (QED) is 0.184. The van der Waals surface area contributed by atoms with E-state index in [1.807, 2.05) is 0 Å². The molecule has 4 nitrogen and oxygen atoms in total. The second kappa shape index (κ2) is 9.98. The second-order valence-corrected chi connectivity index (χ2v) is 19.5. The van der Waals surface area contributed by atoms with Crippen molar-refractivity contribution in [2.45, 2.75) is 30.0 Å². The molecule has 0 unspecified atom stereocenters. The maximum absolute atomic E-state index is 11.5. The summed E-state index contributed by atoms with van der Waals surface area (Å²) in [5, 5.41) is 0. The predicted octanol–water partition coefficient (Wildman–Crippen LogP) is 6.36. The number of phosphoric acid groups is 1. The second-order valence-electron chi connectivity index (χ2n) is 3.57. The standard InChI is InChI=1S/C8H13Br6O4P/c9-7(10,11)3-1-5-17-19(15,16)18-6-2-4-8(12,13)14/h1-6H2,(H,15,16). The van der Waals surface area contributed by atoms with Crippen molar-refractivity contribution < 1.29 is 18.5 Å². The number of rotatable bonds is 8. The van der Waals surface area contributed by atoms with Gasteiger partial charge in [-0.25, -0.2) is 4.57 Å². The van der Waals surface area contributed by atoms with Crippen LogP contribution in [-0.4, -0.2) is 22.4 Å². The van der Waals surface area contributed by atoms with Crippen LogP contribution >= 0.6 is 103 Å². The largest absolute Gasteiger partial charge is 0.472 e. The molecule has 0 aliphatic heterocycles. The van der Waals surface area contributed by atoms with Gasteiger partial charge < -0.3 is 4.89 Å². The van der Waals surface area contributed by atoms with Gasteiger partial charge in [-0.1, -0.05) is 95.6 Å². The first-order valence-corrected chi connectivity index (χ1v) is 11.4. The average molecular weight is 684 g/mol. The first kappa shape index (κ1) is 22.0. The number of alkyl halides is 6. The van der Waals surface area contributed by atoms with Gasteiger partial charge in [0.25, 0.3) is 0 Å². The van der Waals surface area contributed by atoms with Crippen LogP contribution in [0, 0.1) is 0 Å². The summed E-state index contributed by atoms with van der Waals surface area (Å²) in [6.07, 6.45) is 2.57. The third kappa shape index (κ3) is 17.2. The van der Waals surface area contributed by atoms with Gasteiger partial charge in [0.15, 0.2) is 0 Å². The Morgan fingerprint density at radius 1 is 0.842 bits per heavy atom. The molecule has 0 radical (unpaired) electrons. The van der Waals surface area contributed by atoms with Crippen molar-refractivity contribution in [1.82, 2.24) is 0 Å². The molecule has 0 saturated carbocycles. The highest BCUT2D eigenvalue weighted by Gasteiger charge is 2.23. The van der Waals surface area contributed by atoms with Crippen LogP contribution in [0.25, 0.3) is 0 Å². The zero-order valence-corrected chi connectivity index (χ0v) is 20.0. The molecule has 0 aliphatic rings. The normalized spacial score (nSPS) is 13.8. The van der Waals surface area contributed by atoms with Crippen LogP contribution in [0.3, 0.4) is 0 Å². The SMILES string of the molecule is O=P(O)(OCCCC(Br)(Br)Br)OCCCC(Br)(Br)Br. The summed E-state index contributed by atoms with van der Waals surface area (Å²) in [7, 11) is -3.95. The summed E-state index contributed by atoms with van der Waals surface area (Å²) >= 11 is 20.0. The van der Waals surface area contributed by atoms with Crippen LogP contribution in [0.1, 0.15) is 25.7 Å². The predicted molar refractivity (Wildman–Crippen MR) is 99.2 cm³/mol. The lowest BCUT2D eigenvalue weighted by molar-refractivity contribution is 0.146. The Balaban J connectivity index is 3.72. The molecule has 0 saturated heterocycles. The lowest BCUT2D eigenvalue weighted by Crippen LogP contribution is -2.05. The Morgan fingerprint density at radius 3 is 1.42 bits per heavy atom. The molecule has 0 aliphatic carbocycles. The van der Waals surface area contributed by atoms with Crippen LogP contribution in [0.5, 0.6) is 0 Å². The number of hydrogen-bond acceptors (Lipinski definition) is 3. The van der Waals surface area contributed by atoms with E-state index in [9.17, 15) is 9.46 Å². The van der Waals surface area contributed by atoms with Gasteiger partial charge in [0, 0.05) is 0 Å². The summed E-state index contributed by atoms with van der Waals surface area (Å²) in [5.41, 5.74) is 0. The molecule has 0 heterocycles. The highest BCUT2D eigenvalue weighted by Crippen LogP contribution is 2.45. The maximum Gasteiger partial charge on any atom is 0.472 e. The smallest absolute Gasteiger partial charge is 0.302 e. The van der Waals surface area contributed by atoms with E-state index in [4.69, 9.17) is 9.05 Å². The maximum atomic E-state index is 11.5. The van der Waals surface area contributed by atoms with Gasteiger partial charge in [-0.3, -0.25) is 9.05 Å². The highest BCUT2D eigenvalue weighted by atomic mass is 80.0. The van der Waals surface area contributed by atoms with E-state index in [1.54, 1.807) is 0 Å². The van der Waals surface area contributed by atoms with Gasteiger partial charge in [0.1, 0.15) is 4.29 Å². The fourth-order valence-electron chi connectivity index (χ4n) is 0.942. The summed E-state index contributed by atoms with van der Waals surface area (Å²) in [4.78, 5) is 9.41. The number of hydrogen-bond donors (Lipinski definition) is 1. The summed E-state index contributed by atoms with van der Waals surface area (Å²) in [6, 6.07) is 0. The zero-order chi connectivity index (χ0) is 15.2. The third-order valence-corrected chi connectivity index (χ3v) is 5.11. The molecule has 19 heavy (non-hydrogen) atoms. The van der Waals surface area contributed by atoms with E-state index < -0.39 is 7.82 Å². The molecular weight excluding hydrogens is 670 g/mol. The summed E-state index contributed by atoms with van der Waals surface area (Å²) in [5.74, 6) is 0. The van der Waals surface area contributed by atoms with Crippen molar-refractivity contribution in [3.8, 4) is 0 Å². The molecule has 1 N–H and O–H groups in total. The first-order valence-electron chi connectivity index (χ1n) is 5.17. The molecule has 0 aromatic rings. The van der Waals surface area contributed by atoms with Crippen molar-refractivity contribution in [2.75, 3.05) is 13.2 Å². The average Bonchev–Trinajstić information content (AvgIpc) is 2.17. The molecule has 0 bridgehead atoms. The topological polar surface area (TPSA) is 55.8 Å². The van der Waals surface area contributed by atoms with Crippen LogP contribution in [-0.2, 0) is 13.6 Å². The minimum absolute atomic E-state index is 0.150. The van der Waals surface area contributed by atoms with Gasteiger partial charge in [-0.2, -0.15) is 0 Å². The van der Waals surface area contributed by atoms with E-state index in [2.05, 4.69) is 95.6 Å². The van der Waals surface area contributed by atoms with Gasteiger partial charge in [0.05, 0.1) is 13.2 Å². The van der Waals surface area contributed by atoms with Crippen LogP contribution in [0.2, 0.25) is 0 Å². The molecule has 0 fully saturated rings. The number of phosphoric ester groups is 1. The Bertz CT molecular complexity index is 277. The fraction of sp³-hybridized carbons (Fsp3) is 1.00. The van der Waals surface area contributed by atoms with Gasteiger partial charge >= 0.3 is 7.82 Å². The monoisotopic (exact) mass is 678 g/mol. The third-order valence-electron chi connectivity index (χ3n) is 1.72. The van der Waals surface area contributed by atoms with Crippen LogP contribution < -0.4 is 0 Å². The molecule has 0 spiro atoms. The Kier molecular flexibility index (Phi) is 11.6. The molecule has 0 atom stereocenters. The van der Waals surface area contributed by atoms with Crippen molar-refractivity contribution in [3.63, 3.8) is 0 Å². The van der Waals surface area contributed by atoms with Gasteiger partial charge in [-0.05, 0) is 25.7 Å². The van der Waals surface area contributed by atoms with E-state index >= 15 is 0 Å². The van der Waals surface area contributed by atoms with Crippen LogP contribution in [0.4, 0.5) is 0 Å². The van der Waals surface area contributed by atoms with Crippen molar-refractivity contribution >= 4 is 103 Å². The molecular formula is C8H13Br6O4P.